The van der Waals surface area contributed by atoms with E-state index in [-0.39, 0.29) is 24.7 Å². The Morgan fingerprint density at radius 3 is 2.71 bits per heavy atom. The van der Waals surface area contributed by atoms with E-state index in [9.17, 15) is 9.90 Å². The number of β-amino-alcohol motifs (C(OH)–C–C–N with tert-alkyl or cyclic N) is 1. The van der Waals surface area contributed by atoms with Gasteiger partial charge in [0.15, 0.2) is 0 Å². The number of nitrogens with zero attached hydrogens (tertiary/aromatic N) is 2. The standard InChI is InChI=1S/C23H24N2O3/c1-24-20-10-6-5-9-17(20)18-11-16-12-19(22(18)24)21(26)13-25(16)23(27)28-14-15-7-3-2-4-8-15/h2-10,16,19,21,26H,11-14H2,1H3/t16-,19-,21+/m1/s1. The average molecular weight is 376 g/mol. The molecule has 1 aliphatic carbocycles. The van der Waals surface area contributed by atoms with E-state index in [0.717, 1.165) is 18.4 Å². The normalized spacial score (nSPS) is 23.5. The number of aliphatic hydroxyl groups excluding tert-OH is 1. The molecule has 28 heavy (non-hydrogen) atoms. The summed E-state index contributed by atoms with van der Waals surface area (Å²) in [6.07, 6.45) is 0.664. The van der Waals surface area contributed by atoms with Crippen LogP contribution in [0.3, 0.4) is 0 Å². The maximum absolute atomic E-state index is 12.8. The molecule has 2 aromatic carbocycles. The third-order valence-corrected chi connectivity index (χ3v) is 6.31. The molecule has 2 bridgehead atoms. The van der Waals surface area contributed by atoms with Crippen LogP contribution in [-0.4, -0.2) is 39.4 Å². The minimum absolute atomic E-state index is 0.0596. The van der Waals surface area contributed by atoms with Crippen LogP contribution in [0.1, 0.15) is 29.2 Å². The molecule has 144 valence electrons. The van der Waals surface area contributed by atoms with Gasteiger partial charge in [0.1, 0.15) is 6.61 Å². The Hall–Kier alpha value is -2.79. The number of aryl methyl sites for hydroxylation is 1. The van der Waals surface area contributed by atoms with Gasteiger partial charge in [0, 0.05) is 35.6 Å². The van der Waals surface area contributed by atoms with Gasteiger partial charge in [0.05, 0.1) is 12.6 Å². The van der Waals surface area contributed by atoms with Crippen molar-refractivity contribution in [2.45, 2.75) is 37.5 Å². The van der Waals surface area contributed by atoms with Crippen molar-refractivity contribution in [1.82, 2.24) is 9.47 Å². The van der Waals surface area contributed by atoms with Crippen LogP contribution in [-0.2, 0) is 24.8 Å². The minimum atomic E-state index is -0.581. The Kier molecular flexibility index (Phi) is 4.13. The predicted octanol–water partition coefficient (Wildman–Crippen LogP) is 3.59. The fourth-order valence-corrected chi connectivity index (χ4v) is 4.98. The molecule has 1 aliphatic heterocycles. The van der Waals surface area contributed by atoms with Gasteiger partial charge >= 0.3 is 6.09 Å². The maximum atomic E-state index is 12.8. The van der Waals surface area contributed by atoms with E-state index in [1.807, 2.05) is 36.4 Å². The first-order valence-corrected chi connectivity index (χ1v) is 9.85. The van der Waals surface area contributed by atoms with Gasteiger partial charge in [-0.1, -0.05) is 48.5 Å². The van der Waals surface area contributed by atoms with Crippen LogP contribution in [0.5, 0.6) is 0 Å². The van der Waals surface area contributed by atoms with Gasteiger partial charge in [-0.25, -0.2) is 4.79 Å². The van der Waals surface area contributed by atoms with Gasteiger partial charge in [-0.15, -0.1) is 0 Å². The minimum Gasteiger partial charge on any atom is -0.445 e. The van der Waals surface area contributed by atoms with E-state index in [4.69, 9.17) is 4.74 Å². The van der Waals surface area contributed by atoms with Crippen LogP contribution >= 0.6 is 0 Å². The number of carbonyl (C=O) groups is 1. The molecule has 1 N–H and O–H groups in total. The number of aromatic nitrogens is 1. The number of rotatable bonds is 2. The SMILES string of the molecule is Cn1c2c(c3ccccc31)C[C@@H]1C[C@@H]2[C@@H](O)CN1C(=O)OCc1ccccc1. The molecule has 0 spiro atoms. The van der Waals surface area contributed by atoms with E-state index in [1.54, 1.807) is 4.90 Å². The number of carbonyl (C=O) groups excluding carboxylic acids is 1. The summed E-state index contributed by atoms with van der Waals surface area (Å²) < 4.78 is 7.78. The first-order chi connectivity index (χ1) is 13.6. The number of amides is 1. The predicted molar refractivity (Wildman–Crippen MR) is 107 cm³/mol. The summed E-state index contributed by atoms with van der Waals surface area (Å²) in [7, 11) is 2.08. The molecule has 0 unspecified atom stereocenters. The van der Waals surface area contributed by atoms with Crippen molar-refractivity contribution >= 4 is 17.0 Å². The third kappa shape index (κ3) is 2.69. The molecule has 5 nitrogen and oxygen atoms in total. The quantitative estimate of drug-likeness (QED) is 0.744. The number of para-hydroxylation sites is 1. The van der Waals surface area contributed by atoms with E-state index >= 15 is 0 Å². The molecule has 0 saturated carbocycles. The van der Waals surface area contributed by atoms with Crippen LogP contribution in [0.4, 0.5) is 4.79 Å². The Labute approximate surface area is 164 Å². The summed E-state index contributed by atoms with van der Waals surface area (Å²) in [6, 6.07) is 18.1. The molecule has 1 fully saturated rings. The van der Waals surface area contributed by atoms with Gasteiger partial charge in [0.25, 0.3) is 0 Å². The lowest BCUT2D eigenvalue weighted by atomic mass is 9.76. The van der Waals surface area contributed by atoms with Gasteiger partial charge in [-0.3, -0.25) is 0 Å². The zero-order valence-electron chi connectivity index (χ0n) is 15.9. The lowest BCUT2D eigenvalue weighted by Gasteiger charge is -2.45. The molecule has 2 heterocycles. The molecule has 2 aliphatic rings. The van der Waals surface area contributed by atoms with Crippen molar-refractivity contribution in [1.29, 1.82) is 0 Å². The number of ether oxygens (including phenoxy) is 1. The zero-order chi connectivity index (χ0) is 19.3. The summed E-state index contributed by atoms with van der Waals surface area (Å²) in [6.45, 7) is 0.575. The van der Waals surface area contributed by atoms with Crippen LogP contribution in [0.2, 0.25) is 0 Å². The highest BCUT2D eigenvalue weighted by Crippen LogP contribution is 2.44. The largest absolute Gasteiger partial charge is 0.445 e. The number of aliphatic hydroxyl groups is 1. The number of hydrogen-bond acceptors (Lipinski definition) is 3. The smallest absolute Gasteiger partial charge is 0.410 e. The second kappa shape index (κ2) is 6.67. The average Bonchev–Trinajstić information content (AvgIpc) is 3.02. The molecule has 1 amide bonds. The molecule has 1 saturated heterocycles. The maximum Gasteiger partial charge on any atom is 0.410 e. The molecule has 5 heteroatoms. The number of piperidine rings is 1. The van der Waals surface area contributed by atoms with Crippen molar-refractivity contribution < 1.29 is 14.6 Å². The lowest BCUT2D eigenvalue weighted by molar-refractivity contribution is 0.00203. The van der Waals surface area contributed by atoms with Gasteiger partial charge in [-0.05, 0) is 30.0 Å². The molecular formula is C23H24N2O3. The Bertz CT molecular complexity index is 1030. The number of hydrogen-bond donors (Lipinski definition) is 1. The summed E-state index contributed by atoms with van der Waals surface area (Å²) >= 11 is 0. The zero-order valence-corrected chi connectivity index (χ0v) is 15.9. The summed E-state index contributed by atoms with van der Waals surface area (Å²) in [4.78, 5) is 14.5. The topological polar surface area (TPSA) is 54.7 Å². The van der Waals surface area contributed by atoms with Crippen LogP contribution in [0.25, 0.3) is 10.9 Å². The molecule has 0 radical (unpaired) electrons. The van der Waals surface area contributed by atoms with Gasteiger partial charge in [0.2, 0.25) is 0 Å². The summed E-state index contributed by atoms with van der Waals surface area (Å²) in [5.74, 6) is 0.0596. The van der Waals surface area contributed by atoms with Crippen molar-refractivity contribution in [2.24, 2.45) is 7.05 Å². The third-order valence-electron chi connectivity index (χ3n) is 6.31. The van der Waals surface area contributed by atoms with Crippen LogP contribution in [0, 0.1) is 0 Å². The Morgan fingerprint density at radius 1 is 1.14 bits per heavy atom. The molecule has 3 aromatic rings. The molecular weight excluding hydrogens is 352 g/mol. The lowest BCUT2D eigenvalue weighted by Crippen LogP contribution is -2.54. The van der Waals surface area contributed by atoms with E-state index in [1.165, 1.54) is 22.2 Å². The van der Waals surface area contributed by atoms with Crippen molar-refractivity contribution in [3.05, 3.63) is 71.4 Å². The number of fused-ring (bicyclic) bond motifs is 6. The van der Waals surface area contributed by atoms with E-state index < -0.39 is 6.10 Å². The second-order valence-electron chi connectivity index (χ2n) is 7.90. The van der Waals surface area contributed by atoms with Crippen molar-refractivity contribution in [2.75, 3.05) is 6.54 Å². The first-order valence-electron chi connectivity index (χ1n) is 9.85. The summed E-state index contributed by atoms with van der Waals surface area (Å²) in [5.41, 5.74) is 4.64. The monoisotopic (exact) mass is 376 g/mol. The fourth-order valence-electron chi connectivity index (χ4n) is 4.98. The van der Waals surface area contributed by atoms with Gasteiger partial charge in [-0.2, -0.15) is 0 Å². The Morgan fingerprint density at radius 2 is 1.89 bits per heavy atom. The highest BCUT2D eigenvalue weighted by molar-refractivity contribution is 5.86. The Balaban J connectivity index is 1.42. The number of likely N-dealkylation sites (tertiary alicyclic amines) is 1. The highest BCUT2D eigenvalue weighted by Gasteiger charge is 2.44. The first kappa shape index (κ1) is 17.3. The van der Waals surface area contributed by atoms with Crippen molar-refractivity contribution in [3.63, 3.8) is 0 Å². The summed E-state index contributed by atoms with van der Waals surface area (Å²) in [5, 5.41) is 12.1. The van der Waals surface area contributed by atoms with E-state index in [2.05, 4.69) is 29.8 Å². The van der Waals surface area contributed by atoms with Crippen LogP contribution in [0.15, 0.2) is 54.6 Å². The molecule has 5 rings (SSSR count). The number of benzene rings is 2. The van der Waals surface area contributed by atoms with Gasteiger partial charge < -0.3 is 19.3 Å². The van der Waals surface area contributed by atoms with Crippen LogP contribution < -0.4 is 0 Å². The fraction of sp³-hybridized carbons (Fsp3) is 0.348. The molecule has 3 atom stereocenters. The van der Waals surface area contributed by atoms with E-state index in [0.29, 0.717) is 6.54 Å². The second-order valence-corrected chi connectivity index (χ2v) is 7.90. The van der Waals surface area contributed by atoms with Crippen molar-refractivity contribution in [3.8, 4) is 0 Å². The molecule has 1 aromatic heterocycles. The highest BCUT2D eigenvalue weighted by atomic mass is 16.6.